The Morgan fingerprint density at radius 1 is 1.31 bits per heavy atom. The molecule has 5 nitrogen and oxygen atoms in total. The summed E-state index contributed by atoms with van der Waals surface area (Å²) >= 11 is 0. The van der Waals surface area contributed by atoms with Crippen molar-refractivity contribution in [1.29, 1.82) is 5.26 Å². The summed E-state index contributed by atoms with van der Waals surface area (Å²) in [6, 6.07) is 7.68. The summed E-state index contributed by atoms with van der Waals surface area (Å²) in [6.45, 7) is 0.759. The van der Waals surface area contributed by atoms with E-state index in [0.29, 0.717) is 25.1 Å². The fourth-order valence-corrected chi connectivity index (χ4v) is 2.17. The Hall–Kier alpha value is -1.42. The normalized spacial score (nSPS) is 11.0. The maximum atomic E-state index is 11.7. The molecule has 0 radical (unpaired) electrons. The third-order valence-corrected chi connectivity index (χ3v) is 3.44. The molecule has 0 unspecified atom stereocenters. The largest absolute Gasteiger partial charge is 0.330 e. The van der Waals surface area contributed by atoms with Crippen LogP contribution < -0.4 is 10.5 Å². The van der Waals surface area contributed by atoms with E-state index in [4.69, 9.17) is 11.0 Å². The number of nitrogens with zero attached hydrogens (tertiary/aromatic N) is 1. The van der Waals surface area contributed by atoms with Gasteiger partial charge in [0.05, 0.1) is 16.5 Å². The summed E-state index contributed by atoms with van der Waals surface area (Å²) < 4.78 is 25.8. The van der Waals surface area contributed by atoms with Crippen molar-refractivity contribution in [1.82, 2.24) is 4.72 Å². The van der Waals surface area contributed by atoms with E-state index in [0.717, 1.165) is 0 Å². The van der Waals surface area contributed by atoms with Crippen LogP contribution in [0.3, 0.4) is 0 Å². The number of hydrogen-bond donors (Lipinski definition) is 2. The van der Waals surface area contributed by atoms with Gasteiger partial charge in [-0.05, 0) is 37.2 Å². The second-order valence-electron chi connectivity index (χ2n) is 3.18. The Morgan fingerprint density at radius 2 is 1.94 bits per heavy atom. The van der Waals surface area contributed by atoms with E-state index in [2.05, 4.69) is 4.72 Å². The summed E-state index contributed by atoms with van der Waals surface area (Å²) in [4.78, 5) is 0.156. The highest BCUT2D eigenvalue weighted by Crippen LogP contribution is 2.09. The zero-order valence-corrected chi connectivity index (χ0v) is 9.50. The van der Waals surface area contributed by atoms with Gasteiger partial charge in [-0.15, -0.1) is 0 Å². The number of sulfonamides is 1. The molecule has 0 aliphatic heterocycles. The molecule has 86 valence electrons. The molecule has 0 saturated heterocycles. The molecule has 0 atom stereocenters. The number of rotatable bonds is 5. The van der Waals surface area contributed by atoms with Crippen LogP contribution >= 0.6 is 0 Å². The smallest absolute Gasteiger partial charge is 0.240 e. The molecule has 0 heterocycles. The fraction of sp³-hybridized carbons (Fsp3) is 0.300. The van der Waals surface area contributed by atoms with Crippen LogP contribution in [0.4, 0.5) is 0 Å². The van der Waals surface area contributed by atoms with Crippen molar-refractivity contribution in [3.63, 3.8) is 0 Å². The molecule has 0 bridgehead atoms. The molecule has 6 heteroatoms. The van der Waals surface area contributed by atoms with Gasteiger partial charge in [0.2, 0.25) is 10.0 Å². The Morgan fingerprint density at radius 3 is 2.44 bits per heavy atom. The van der Waals surface area contributed by atoms with Gasteiger partial charge in [0.15, 0.2) is 0 Å². The third kappa shape index (κ3) is 3.31. The summed E-state index contributed by atoms with van der Waals surface area (Å²) in [5, 5.41) is 8.58. The van der Waals surface area contributed by atoms with Gasteiger partial charge >= 0.3 is 0 Å². The third-order valence-electron chi connectivity index (χ3n) is 1.97. The van der Waals surface area contributed by atoms with E-state index in [1.165, 1.54) is 24.3 Å². The maximum absolute atomic E-state index is 11.7. The van der Waals surface area contributed by atoms with Crippen LogP contribution in [0.5, 0.6) is 0 Å². The topological polar surface area (TPSA) is 96.0 Å². The first kappa shape index (κ1) is 12.6. The predicted molar refractivity (Wildman–Crippen MR) is 60.0 cm³/mol. The van der Waals surface area contributed by atoms with Gasteiger partial charge in [-0.25, -0.2) is 13.1 Å². The molecule has 0 aliphatic rings. The van der Waals surface area contributed by atoms with Gasteiger partial charge in [-0.2, -0.15) is 5.26 Å². The van der Waals surface area contributed by atoms with E-state index in [9.17, 15) is 8.42 Å². The average molecular weight is 239 g/mol. The summed E-state index contributed by atoms with van der Waals surface area (Å²) in [5.41, 5.74) is 5.69. The lowest BCUT2D eigenvalue weighted by molar-refractivity contribution is 0.579. The molecule has 1 aromatic carbocycles. The summed E-state index contributed by atoms with van der Waals surface area (Å²) in [6.07, 6.45) is 0.593. The van der Waals surface area contributed by atoms with Gasteiger partial charge in [0.1, 0.15) is 0 Å². The van der Waals surface area contributed by atoms with Crippen molar-refractivity contribution < 1.29 is 8.42 Å². The van der Waals surface area contributed by atoms with Gasteiger partial charge in [-0.1, -0.05) is 0 Å². The van der Waals surface area contributed by atoms with Crippen molar-refractivity contribution >= 4 is 10.0 Å². The van der Waals surface area contributed by atoms with Gasteiger partial charge in [0, 0.05) is 6.54 Å². The van der Waals surface area contributed by atoms with Crippen LogP contribution in [-0.4, -0.2) is 21.5 Å². The summed E-state index contributed by atoms with van der Waals surface area (Å²) in [7, 11) is -3.47. The minimum atomic E-state index is -3.47. The number of benzene rings is 1. The van der Waals surface area contributed by atoms with Crippen molar-refractivity contribution in [2.24, 2.45) is 5.73 Å². The van der Waals surface area contributed by atoms with E-state index in [1.807, 2.05) is 6.07 Å². The second kappa shape index (κ2) is 5.61. The molecule has 0 amide bonds. The lowest BCUT2D eigenvalue weighted by atomic mass is 10.2. The predicted octanol–water partition coefficient (Wildman–Crippen LogP) is 0.185. The van der Waals surface area contributed by atoms with Crippen LogP contribution in [0.25, 0.3) is 0 Å². The van der Waals surface area contributed by atoms with Crippen LogP contribution in [0.15, 0.2) is 29.2 Å². The molecule has 1 aromatic rings. The molecular weight excluding hydrogens is 226 g/mol. The summed E-state index contributed by atoms with van der Waals surface area (Å²) in [5.74, 6) is 0. The maximum Gasteiger partial charge on any atom is 0.240 e. The highest BCUT2D eigenvalue weighted by Gasteiger charge is 2.12. The first-order valence-electron chi connectivity index (χ1n) is 4.80. The molecule has 1 rings (SSSR count). The minimum Gasteiger partial charge on any atom is -0.330 e. The molecular formula is C10H13N3O2S. The Balaban J connectivity index is 2.79. The highest BCUT2D eigenvalue weighted by molar-refractivity contribution is 7.89. The number of hydrogen-bond acceptors (Lipinski definition) is 4. The standard InChI is InChI=1S/C10H13N3O2S/c11-6-1-7-13-16(14,15)10-4-2-9(8-12)3-5-10/h2-5,13H,1,6-7,11H2. The lowest BCUT2D eigenvalue weighted by Crippen LogP contribution is -2.26. The average Bonchev–Trinajstić information content (AvgIpc) is 2.29. The SMILES string of the molecule is N#Cc1ccc(S(=O)(=O)NCCCN)cc1. The van der Waals surface area contributed by atoms with E-state index in [1.54, 1.807) is 0 Å². The van der Waals surface area contributed by atoms with Gasteiger partial charge in [-0.3, -0.25) is 0 Å². The van der Waals surface area contributed by atoms with Crippen LogP contribution in [0, 0.1) is 11.3 Å². The first-order valence-corrected chi connectivity index (χ1v) is 6.28. The Kier molecular flexibility index (Phi) is 4.43. The van der Waals surface area contributed by atoms with Crippen molar-refractivity contribution in [3.05, 3.63) is 29.8 Å². The van der Waals surface area contributed by atoms with E-state index < -0.39 is 10.0 Å². The zero-order chi connectivity index (χ0) is 12.0. The highest BCUT2D eigenvalue weighted by atomic mass is 32.2. The monoisotopic (exact) mass is 239 g/mol. The Labute approximate surface area is 94.9 Å². The van der Waals surface area contributed by atoms with Gasteiger partial charge < -0.3 is 5.73 Å². The molecule has 16 heavy (non-hydrogen) atoms. The van der Waals surface area contributed by atoms with Crippen molar-refractivity contribution in [2.75, 3.05) is 13.1 Å². The van der Waals surface area contributed by atoms with Crippen molar-refractivity contribution in [3.8, 4) is 6.07 Å². The van der Waals surface area contributed by atoms with Crippen LogP contribution in [0.1, 0.15) is 12.0 Å². The Bertz CT molecular complexity index is 474. The molecule has 3 N–H and O–H groups in total. The number of nitrogens with one attached hydrogen (secondary N) is 1. The van der Waals surface area contributed by atoms with Crippen LogP contribution in [0.2, 0.25) is 0 Å². The second-order valence-corrected chi connectivity index (χ2v) is 4.94. The first-order chi connectivity index (χ1) is 7.60. The van der Waals surface area contributed by atoms with Crippen molar-refractivity contribution in [2.45, 2.75) is 11.3 Å². The number of nitriles is 1. The quantitative estimate of drug-likeness (QED) is 0.717. The minimum absolute atomic E-state index is 0.156. The van der Waals surface area contributed by atoms with Crippen LogP contribution in [-0.2, 0) is 10.0 Å². The molecule has 0 aliphatic carbocycles. The molecule has 0 aromatic heterocycles. The molecule has 0 saturated carbocycles. The van der Waals surface area contributed by atoms with E-state index >= 15 is 0 Å². The molecule has 0 fully saturated rings. The van der Waals surface area contributed by atoms with Gasteiger partial charge in [0.25, 0.3) is 0 Å². The molecule has 0 spiro atoms. The lowest BCUT2D eigenvalue weighted by Gasteiger charge is -2.05. The fourth-order valence-electron chi connectivity index (χ4n) is 1.10. The zero-order valence-electron chi connectivity index (χ0n) is 8.68. The number of nitrogens with two attached hydrogens (primary N) is 1. The van der Waals surface area contributed by atoms with E-state index in [-0.39, 0.29) is 4.90 Å².